The van der Waals surface area contributed by atoms with Crippen LogP contribution in [0, 0.1) is 0 Å². The van der Waals surface area contributed by atoms with Crippen LogP contribution in [0.4, 0.5) is 0 Å². The molecule has 3 heteroatoms. The monoisotopic (exact) mass is 300 g/mol. The predicted octanol–water partition coefficient (Wildman–Crippen LogP) is 4.95. The zero-order valence-electron chi connectivity index (χ0n) is 14.7. The van der Waals surface area contributed by atoms with Crippen LogP contribution in [0.25, 0.3) is 0 Å². The number of ether oxygens (including phenoxy) is 1. The fraction of sp³-hybridized carbons (Fsp3) is 1.00. The highest BCUT2D eigenvalue weighted by atomic mass is 16.5. The molecule has 0 saturated carbocycles. The molecular weight excluding hydrogens is 260 g/mol. The van der Waals surface area contributed by atoms with Gasteiger partial charge in [-0.2, -0.15) is 0 Å². The van der Waals surface area contributed by atoms with E-state index in [4.69, 9.17) is 10.6 Å². The van der Waals surface area contributed by atoms with Crippen molar-refractivity contribution in [3.05, 3.63) is 0 Å². The van der Waals surface area contributed by atoms with E-state index < -0.39 is 0 Å². The molecule has 3 nitrogen and oxygen atoms in total. The second-order valence-corrected chi connectivity index (χ2v) is 6.24. The Morgan fingerprint density at radius 1 is 0.714 bits per heavy atom. The predicted molar refractivity (Wildman–Crippen MR) is 93.3 cm³/mol. The van der Waals surface area contributed by atoms with E-state index in [0.717, 1.165) is 26.1 Å². The van der Waals surface area contributed by atoms with Gasteiger partial charge in [0.15, 0.2) is 0 Å². The lowest BCUT2D eigenvalue weighted by atomic mass is 10.0. The molecular formula is C18H40N2O. The molecule has 0 rings (SSSR count). The van der Waals surface area contributed by atoms with Gasteiger partial charge in [0.2, 0.25) is 0 Å². The van der Waals surface area contributed by atoms with Gasteiger partial charge in [0.05, 0.1) is 0 Å². The molecule has 0 aromatic carbocycles. The maximum Gasteiger partial charge on any atom is 0.0481 e. The lowest BCUT2D eigenvalue weighted by molar-refractivity contribution is 0.123. The van der Waals surface area contributed by atoms with E-state index >= 15 is 0 Å². The minimum atomic E-state index is 0.427. The summed E-state index contributed by atoms with van der Waals surface area (Å²) in [5, 5.41) is 0. The molecule has 0 bridgehead atoms. The molecule has 0 saturated heterocycles. The summed E-state index contributed by atoms with van der Waals surface area (Å²) >= 11 is 0. The number of nitrogens with two attached hydrogens (primary N) is 1. The van der Waals surface area contributed by atoms with Crippen LogP contribution in [0.2, 0.25) is 0 Å². The molecule has 0 radical (unpaired) electrons. The second kappa shape index (κ2) is 17.9. The van der Waals surface area contributed by atoms with Gasteiger partial charge in [-0.05, 0) is 19.3 Å². The van der Waals surface area contributed by atoms with Gasteiger partial charge in [-0.15, -0.1) is 0 Å². The van der Waals surface area contributed by atoms with Crippen LogP contribution < -0.4 is 11.3 Å². The van der Waals surface area contributed by atoms with Crippen molar-refractivity contribution in [3.63, 3.8) is 0 Å². The van der Waals surface area contributed by atoms with Crippen LogP contribution in [0.15, 0.2) is 0 Å². The van der Waals surface area contributed by atoms with Crippen molar-refractivity contribution in [2.45, 2.75) is 103 Å². The maximum atomic E-state index is 5.60. The van der Waals surface area contributed by atoms with E-state index in [1.807, 2.05) is 0 Å². The zero-order valence-corrected chi connectivity index (χ0v) is 14.7. The normalized spacial score (nSPS) is 12.7. The first-order valence-corrected chi connectivity index (χ1v) is 9.39. The summed E-state index contributed by atoms with van der Waals surface area (Å²) in [6.07, 6.45) is 17.2. The highest BCUT2D eigenvalue weighted by Crippen LogP contribution is 2.12. The molecule has 0 aliphatic heterocycles. The van der Waals surface area contributed by atoms with Gasteiger partial charge < -0.3 is 4.74 Å². The Morgan fingerprint density at radius 3 is 1.81 bits per heavy atom. The average molecular weight is 301 g/mol. The number of rotatable bonds is 17. The van der Waals surface area contributed by atoms with Crippen molar-refractivity contribution < 1.29 is 4.74 Å². The minimum absolute atomic E-state index is 0.427. The Hall–Kier alpha value is -0.120. The number of hydrazine groups is 1. The molecule has 21 heavy (non-hydrogen) atoms. The third-order valence-electron chi connectivity index (χ3n) is 4.10. The van der Waals surface area contributed by atoms with Crippen molar-refractivity contribution in [2.75, 3.05) is 13.2 Å². The average Bonchev–Trinajstić information content (AvgIpc) is 2.51. The lowest BCUT2D eigenvalue weighted by Crippen LogP contribution is -2.36. The first-order valence-electron chi connectivity index (χ1n) is 9.39. The highest BCUT2D eigenvalue weighted by Gasteiger charge is 2.05. The van der Waals surface area contributed by atoms with Crippen LogP contribution in [-0.4, -0.2) is 19.3 Å². The third-order valence-corrected chi connectivity index (χ3v) is 4.10. The first kappa shape index (κ1) is 20.9. The van der Waals surface area contributed by atoms with Crippen molar-refractivity contribution in [1.82, 2.24) is 5.43 Å². The Balaban J connectivity index is 3.23. The number of hydrogen-bond acceptors (Lipinski definition) is 3. The molecule has 128 valence electrons. The summed E-state index contributed by atoms with van der Waals surface area (Å²) in [7, 11) is 0. The molecule has 0 aliphatic carbocycles. The molecule has 0 amide bonds. The summed E-state index contributed by atoms with van der Waals surface area (Å²) in [5.41, 5.74) is 2.93. The molecule has 0 aliphatic rings. The van der Waals surface area contributed by atoms with Crippen molar-refractivity contribution >= 4 is 0 Å². The van der Waals surface area contributed by atoms with Gasteiger partial charge in [0.1, 0.15) is 0 Å². The lowest BCUT2D eigenvalue weighted by Gasteiger charge is -2.15. The van der Waals surface area contributed by atoms with Gasteiger partial charge in [0.25, 0.3) is 0 Å². The Kier molecular flexibility index (Phi) is 17.8. The maximum absolute atomic E-state index is 5.60. The van der Waals surface area contributed by atoms with E-state index in [1.54, 1.807) is 0 Å². The van der Waals surface area contributed by atoms with E-state index in [-0.39, 0.29) is 0 Å². The fourth-order valence-corrected chi connectivity index (χ4v) is 2.66. The van der Waals surface area contributed by atoms with Crippen molar-refractivity contribution in [2.24, 2.45) is 5.84 Å². The van der Waals surface area contributed by atoms with Crippen LogP contribution >= 0.6 is 0 Å². The molecule has 3 N–H and O–H groups in total. The summed E-state index contributed by atoms with van der Waals surface area (Å²) < 4.78 is 5.52. The SMILES string of the molecule is CCCCCCCCCCCCC(CCOCCC)NN. The zero-order chi connectivity index (χ0) is 15.6. The van der Waals surface area contributed by atoms with Crippen LogP contribution in [0.3, 0.4) is 0 Å². The Morgan fingerprint density at radius 2 is 1.29 bits per heavy atom. The van der Waals surface area contributed by atoms with Gasteiger partial charge in [-0.1, -0.05) is 78.1 Å². The largest absolute Gasteiger partial charge is 0.381 e. The second-order valence-electron chi connectivity index (χ2n) is 6.24. The first-order chi connectivity index (χ1) is 10.3. The smallest absolute Gasteiger partial charge is 0.0481 e. The number of nitrogens with one attached hydrogen (secondary N) is 1. The topological polar surface area (TPSA) is 47.3 Å². The summed E-state index contributed by atoms with van der Waals surface area (Å²) in [5.74, 6) is 5.60. The van der Waals surface area contributed by atoms with Crippen LogP contribution in [0.1, 0.15) is 97.3 Å². The molecule has 0 spiro atoms. The molecule has 0 heterocycles. The molecule has 0 fully saturated rings. The number of unbranched alkanes of at least 4 members (excludes halogenated alkanes) is 9. The standard InChI is InChI=1S/C18H40N2O/c1-3-5-6-7-8-9-10-11-12-13-14-18(20-19)15-17-21-16-4-2/h18,20H,3-17,19H2,1-2H3. The fourth-order valence-electron chi connectivity index (χ4n) is 2.66. The van der Waals surface area contributed by atoms with Gasteiger partial charge >= 0.3 is 0 Å². The Labute approximate surface area is 133 Å². The van der Waals surface area contributed by atoms with E-state index in [9.17, 15) is 0 Å². The molecule has 1 unspecified atom stereocenters. The summed E-state index contributed by atoms with van der Waals surface area (Å²) in [6.45, 7) is 6.12. The van der Waals surface area contributed by atoms with Gasteiger partial charge in [-0.25, -0.2) is 0 Å². The molecule has 1 atom stereocenters. The van der Waals surface area contributed by atoms with E-state index in [2.05, 4.69) is 19.3 Å². The quantitative estimate of drug-likeness (QED) is 0.227. The molecule has 0 aromatic heterocycles. The Bertz CT molecular complexity index is 188. The van der Waals surface area contributed by atoms with E-state index in [1.165, 1.54) is 70.6 Å². The highest BCUT2D eigenvalue weighted by molar-refractivity contribution is 4.63. The van der Waals surface area contributed by atoms with Gasteiger partial charge in [0, 0.05) is 19.3 Å². The molecule has 0 aromatic rings. The number of hydrogen-bond donors (Lipinski definition) is 2. The van der Waals surface area contributed by atoms with Crippen LogP contribution in [0.5, 0.6) is 0 Å². The van der Waals surface area contributed by atoms with Crippen LogP contribution in [-0.2, 0) is 4.74 Å². The van der Waals surface area contributed by atoms with Crippen molar-refractivity contribution in [1.29, 1.82) is 0 Å². The third kappa shape index (κ3) is 16.1. The van der Waals surface area contributed by atoms with Gasteiger partial charge in [-0.3, -0.25) is 11.3 Å². The summed E-state index contributed by atoms with van der Waals surface area (Å²) in [6, 6.07) is 0.427. The van der Waals surface area contributed by atoms with E-state index in [0.29, 0.717) is 6.04 Å². The minimum Gasteiger partial charge on any atom is -0.381 e. The summed E-state index contributed by atoms with van der Waals surface area (Å²) in [4.78, 5) is 0. The van der Waals surface area contributed by atoms with Crippen molar-refractivity contribution in [3.8, 4) is 0 Å².